The van der Waals surface area contributed by atoms with Gasteiger partial charge in [-0.3, -0.25) is 4.79 Å². The zero-order valence-corrected chi connectivity index (χ0v) is 18.1. The third-order valence-corrected chi connectivity index (χ3v) is 6.92. The number of nitrogens with one attached hydrogen (secondary N) is 2. The molecule has 4 rings (SSSR count). The first-order chi connectivity index (χ1) is 14.8. The van der Waals surface area contributed by atoms with Crippen LogP contribution in [0.5, 0.6) is 17.2 Å². The van der Waals surface area contributed by atoms with Crippen LogP contribution < -0.4 is 19.5 Å². The molecule has 2 aromatic heterocycles. The molecule has 1 amide bonds. The molecule has 0 spiro atoms. The SMILES string of the molecule is COc1cc(-c2cnc3[nH]cc(C(=O)NC4CCS(=O)(=O)C4)c3n2)cc(OC)c1OC. The van der Waals surface area contributed by atoms with E-state index in [-0.39, 0.29) is 11.5 Å². The van der Waals surface area contributed by atoms with Crippen molar-refractivity contribution in [2.45, 2.75) is 12.5 Å². The minimum absolute atomic E-state index is 0.0521. The largest absolute Gasteiger partial charge is 0.493 e. The number of hydrogen-bond donors (Lipinski definition) is 2. The number of carbonyl (C=O) groups excluding carboxylic acids is 1. The van der Waals surface area contributed by atoms with E-state index in [1.54, 1.807) is 18.3 Å². The minimum atomic E-state index is -3.10. The number of aromatic amines is 1. The molecule has 1 fully saturated rings. The molecule has 1 aromatic carbocycles. The molecule has 0 radical (unpaired) electrons. The number of aromatic nitrogens is 3. The predicted octanol–water partition coefficient (Wildman–Crippen LogP) is 1.57. The zero-order chi connectivity index (χ0) is 22.2. The summed E-state index contributed by atoms with van der Waals surface area (Å²) in [5, 5.41) is 2.78. The quantitative estimate of drug-likeness (QED) is 0.583. The average Bonchev–Trinajstić information content (AvgIpc) is 3.34. The molecule has 10 nitrogen and oxygen atoms in total. The standard InChI is InChI=1S/C20H22N4O6S/c1-28-15-6-11(7-16(29-2)18(15)30-3)14-9-22-19-17(24-14)13(8-21-19)20(25)23-12-4-5-31(26,27)10-12/h6-9,12H,4-5,10H2,1-3H3,(H,21,22)(H,23,25). The lowest BCUT2D eigenvalue weighted by Crippen LogP contribution is -2.35. The van der Waals surface area contributed by atoms with Gasteiger partial charge in [0.1, 0.15) is 5.52 Å². The van der Waals surface area contributed by atoms with Gasteiger partial charge in [-0.25, -0.2) is 18.4 Å². The van der Waals surface area contributed by atoms with E-state index in [1.807, 2.05) is 0 Å². The van der Waals surface area contributed by atoms with E-state index in [0.717, 1.165) is 0 Å². The van der Waals surface area contributed by atoms with Gasteiger partial charge in [-0.05, 0) is 18.6 Å². The van der Waals surface area contributed by atoms with Crippen LogP contribution >= 0.6 is 0 Å². The van der Waals surface area contributed by atoms with E-state index in [9.17, 15) is 13.2 Å². The van der Waals surface area contributed by atoms with Crippen LogP contribution in [0.3, 0.4) is 0 Å². The van der Waals surface area contributed by atoms with Crippen molar-refractivity contribution in [1.82, 2.24) is 20.3 Å². The van der Waals surface area contributed by atoms with E-state index < -0.39 is 21.8 Å². The number of fused-ring (bicyclic) bond motifs is 1. The Bertz CT molecular complexity index is 1230. The fourth-order valence-corrected chi connectivity index (χ4v) is 5.28. The predicted molar refractivity (Wildman–Crippen MR) is 114 cm³/mol. The van der Waals surface area contributed by atoms with Gasteiger partial charge >= 0.3 is 0 Å². The molecule has 0 saturated carbocycles. The van der Waals surface area contributed by atoms with Gasteiger partial charge < -0.3 is 24.5 Å². The van der Waals surface area contributed by atoms with Crippen LogP contribution in [0.4, 0.5) is 0 Å². The maximum atomic E-state index is 12.8. The molecule has 1 aliphatic heterocycles. The molecule has 1 atom stereocenters. The van der Waals surface area contributed by atoms with Gasteiger partial charge in [0.15, 0.2) is 27.0 Å². The van der Waals surface area contributed by atoms with Crippen LogP contribution in [0.2, 0.25) is 0 Å². The molecular formula is C20H22N4O6S. The normalized spacial score (nSPS) is 17.5. The number of nitrogens with zero attached hydrogens (tertiary/aromatic N) is 2. The second-order valence-electron chi connectivity index (χ2n) is 7.14. The van der Waals surface area contributed by atoms with Crippen LogP contribution in [-0.2, 0) is 9.84 Å². The van der Waals surface area contributed by atoms with Gasteiger partial charge in [0.05, 0.1) is 50.3 Å². The number of amides is 1. The summed E-state index contributed by atoms with van der Waals surface area (Å²) in [6.07, 6.45) is 3.49. The molecule has 3 heterocycles. The number of benzene rings is 1. The maximum absolute atomic E-state index is 12.8. The molecule has 3 aromatic rings. The van der Waals surface area contributed by atoms with Crippen LogP contribution in [0.15, 0.2) is 24.5 Å². The summed E-state index contributed by atoms with van der Waals surface area (Å²) in [6, 6.07) is 3.08. The molecule has 2 N–H and O–H groups in total. The first kappa shape index (κ1) is 20.9. The molecule has 31 heavy (non-hydrogen) atoms. The number of hydrogen-bond acceptors (Lipinski definition) is 8. The van der Waals surface area contributed by atoms with Gasteiger partial charge in [-0.15, -0.1) is 0 Å². The lowest BCUT2D eigenvalue weighted by molar-refractivity contribution is 0.0942. The highest BCUT2D eigenvalue weighted by atomic mass is 32.2. The molecule has 0 aliphatic carbocycles. The van der Waals surface area contributed by atoms with Crippen molar-refractivity contribution in [3.05, 3.63) is 30.1 Å². The van der Waals surface area contributed by atoms with E-state index in [1.165, 1.54) is 27.5 Å². The summed E-state index contributed by atoms with van der Waals surface area (Å²) < 4.78 is 39.5. The third-order valence-electron chi connectivity index (χ3n) is 5.15. The van der Waals surface area contributed by atoms with E-state index in [2.05, 4.69) is 20.3 Å². The molecular weight excluding hydrogens is 424 g/mol. The van der Waals surface area contributed by atoms with Crippen molar-refractivity contribution in [2.75, 3.05) is 32.8 Å². The summed E-state index contributed by atoms with van der Waals surface area (Å²) in [5.74, 6) is 1.02. The Morgan fingerprint density at radius 1 is 1.16 bits per heavy atom. The van der Waals surface area contributed by atoms with Crippen molar-refractivity contribution < 1.29 is 27.4 Å². The van der Waals surface area contributed by atoms with Crippen LogP contribution in [0, 0.1) is 0 Å². The van der Waals surface area contributed by atoms with Gasteiger partial charge in [-0.2, -0.15) is 0 Å². The lowest BCUT2D eigenvalue weighted by atomic mass is 10.1. The second-order valence-corrected chi connectivity index (χ2v) is 9.37. The first-order valence-electron chi connectivity index (χ1n) is 9.51. The van der Waals surface area contributed by atoms with E-state index in [4.69, 9.17) is 14.2 Å². The van der Waals surface area contributed by atoms with E-state index >= 15 is 0 Å². The van der Waals surface area contributed by atoms with Crippen LogP contribution in [0.25, 0.3) is 22.4 Å². The molecule has 1 unspecified atom stereocenters. The molecule has 164 valence electrons. The van der Waals surface area contributed by atoms with Crippen molar-refractivity contribution in [2.24, 2.45) is 0 Å². The van der Waals surface area contributed by atoms with Gasteiger partial charge in [0.2, 0.25) is 5.75 Å². The number of methoxy groups -OCH3 is 3. The minimum Gasteiger partial charge on any atom is -0.493 e. The molecule has 1 saturated heterocycles. The topological polar surface area (TPSA) is 132 Å². The number of sulfone groups is 1. The highest BCUT2D eigenvalue weighted by Crippen LogP contribution is 2.40. The zero-order valence-electron chi connectivity index (χ0n) is 17.3. The summed E-state index contributed by atoms with van der Waals surface area (Å²) in [6.45, 7) is 0. The van der Waals surface area contributed by atoms with Crippen molar-refractivity contribution in [1.29, 1.82) is 0 Å². The average molecular weight is 446 g/mol. The van der Waals surface area contributed by atoms with Gasteiger partial charge in [0.25, 0.3) is 5.91 Å². The van der Waals surface area contributed by atoms with Crippen molar-refractivity contribution in [3.8, 4) is 28.5 Å². The number of rotatable bonds is 6. The Morgan fingerprint density at radius 3 is 2.45 bits per heavy atom. The molecule has 0 bridgehead atoms. The fourth-order valence-electron chi connectivity index (χ4n) is 3.60. The second kappa shape index (κ2) is 8.06. The Morgan fingerprint density at radius 2 is 1.87 bits per heavy atom. The summed E-state index contributed by atoms with van der Waals surface area (Å²) in [7, 11) is 1.46. The Kier molecular flexibility index (Phi) is 5.44. The van der Waals surface area contributed by atoms with Gasteiger partial charge in [-0.1, -0.05) is 0 Å². The summed E-state index contributed by atoms with van der Waals surface area (Å²) in [4.78, 5) is 24.7. The monoisotopic (exact) mass is 446 g/mol. The molecule has 1 aliphatic rings. The molecule has 11 heteroatoms. The summed E-state index contributed by atoms with van der Waals surface area (Å²) >= 11 is 0. The summed E-state index contributed by atoms with van der Waals surface area (Å²) in [5.41, 5.74) is 2.29. The first-order valence-corrected chi connectivity index (χ1v) is 11.3. The van der Waals surface area contributed by atoms with Crippen molar-refractivity contribution in [3.63, 3.8) is 0 Å². The third kappa shape index (κ3) is 4.00. The number of H-pyrrole nitrogens is 1. The highest BCUT2D eigenvalue weighted by molar-refractivity contribution is 7.91. The van der Waals surface area contributed by atoms with Crippen LogP contribution in [-0.4, -0.2) is 68.2 Å². The lowest BCUT2D eigenvalue weighted by Gasteiger charge is -2.14. The van der Waals surface area contributed by atoms with Gasteiger partial charge in [0, 0.05) is 17.8 Å². The van der Waals surface area contributed by atoms with E-state index in [0.29, 0.717) is 51.7 Å². The fraction of sp³-hybridized carbons (Fsp3) is 0.350. The Labute approximate surface area is 178 Å². The smallest absolute Gasteiger partial charge is 0.255 e. The Balaban J connectivity index is 1.70. The Hall–Kier alpha value is -3.34. The number of ether oxygens (including phenoxy) is 3. The number of carbonyl (C=O) groups is 1. The van der Waals surface area contributed by atoms with Crippen molar-refractivity contribution >= 4 is 26.9 Å². The highest BCUT2D eigenvalue weighted by Gasteiger charge is 2.30. The van der Waals surface area contributed by atoms with Crippen LogP contribution in [0.1, 0.15) is 16.8 Å². The maximum Gasteiger partial charge on any atom is 0.255 e.